The lowest BCUT2D eigenvalue weighted by Crippen LogP contribution is -2.40. The van der Waals surface area contributed by atoms with Gasteiger partial charge in [0.1, 0.15) is 6.10 Å². The van der Waals surface area contributed by atoms with Gasteiger partial charge in [0.2, 0.25) is 5.91 Å². The summed E-state index contributed by atoms with van der Waals surface area (Å²) in [4.78, 5) is 25.0. The molecule has 2 saturated carbocycles. The van der Waals surface area contributed by atoms with Crippen LogP contribution in [-0.4, -0.2) is 22.8 Å². The number of fused-ring (bicyclic) bond motifs is 1. The maximum absolute atomic E-state index is 12.8. The fourth-order valence-electron chi connectivity index (χ4n) is 4.43. The molecule has 1 amide bonds. The van der Waals surface area contributed by atoms with Crippen molar-refractivity contribution in [2.24, 2.45) is 23.7 Å². The predicted molar refractivity (Wildman–Crippen MR) is 85.7 cm³/mol. The number of nitrogens with one attached hydrogen (secondary N) is 1. The van der Waals surface area contributed by atoms with Crippen LogP contribution in [0.15, 0.2) is 18.2 Å². The Balaban J connectivity index is 1.61. The van der Waals surface area contributed by atoms with Crippen LogP contribution < -0.4 is 5.32 Å². The van der Waals surface area contributed by atoms with Gasteiger partial charge in [-0.15, -0.1) is 0 Å². The van der Waals surface area contributed by atoms with Crippen LogP contribution in [0.2, 0.25) is 0 Å². The summed E-state index contributed by atoms with van der Waals surface area (Å²) < 4.78 is 5.46. The first-order valence-corrected chi connectivity index (χ1v) is 8.62. The van der Waals surface area contributed by atoms with Crippen LogP contribution in [0, 0.1) is 37.5 Å². The lowest BCUT2D eigenvalue weighted by Gasteiger charge is -2.27. The molecule has 1 aromatic carbocycles. The SMILES string of the molecule is Cc1cccc(NC(=O)C2C3CC4C(OC(=O)C42)C3Br)c1C. The Hall–Kier alpha value is -1.36. The van der Waals surface area contributed by atoms with Gasteiger partial charge in [-0.05, 0) is 43.4 Å². The quantitative estimate of drug-likeness (QED) is 0.649. The number of anilines is 1. The Labute approximate surface area is 137 Å². The van der Waals surface area contributed by atoms with Gasteiger partial charge in [0, 0.05) is 11.6 Å². The van der Waals surface area contributed by atoms with Gasteiger partial charge in [0.25, 0.3) is 0 Å². The summed E-state index contributed by atoms with van der Waals surface area (Å²) >= 11 is 3.64. The van der Waals surface area contributed by atoms with Gasteiger partial charge >= 0.3 is 5.97 Å². The van der Waals surface area contributed by atoms with E-state index in [-0.39, 0.29) is 46.5 Å². The molecule has 4 rings (SSSR count). The minimum absolute atomic E-state index is 0.0349. The summed E-state index contributed by atoms with van der Waals surface area (Å²) in [5, 5.41) is 3.03. The standard InChI is InChI=1S/C17H18BrNO3/c1-7-4-3-5-11(8(7)2)19-16(20)12-9-6-10-13(12)17(21)22-15(10)14(9)18/h3-5,9-10,12-15H,6H2,1-2H3,(H,19,20). The van der Waals surface area contributed by atoms with Crippen molar-refractivity contribution in [3.05, 3.63) is 29.3 Å². The van der Waals surface area contributed by atoms with Gasteiger partial charge in [0.15, 0.2) is 0 Å². The zero-order valence-electron chi connectivity index (χ0n) is 12.5. The molecule has 116 valence electrons. The Bertz CT molecular complexity index is 674. The normalized spacial score (nSPS) is 38.2. The molecule has 1 heterocycles. The van der Waals surface area contributed by atoms with Crippen molar-refractivity contribution < 1.29 is 14.3 Å². The number of aryl methyl sites for hydroxylation is 1. The van der Waals surface area contributed by atoms with Crippen molar-refractivity contribution in [2.75, 3.05) is 5.32 Å². The van der Waals surface area contributed by atoms with E-state index in [1.807, 2.05) is 32.0 Å². The zero-order chi connectivity index (χ0) is 15.6. The second-order valence-electron chi connectivity index (χ2n) is 6.70. The number of ether oxygens (including phenoxy) is 1. The average molecular weight is 364 g/mol. The molecule has 4 nitrogen and oxygen atoms in total. The molecule has 5 heteroatoms. The molecule has 3 fully saturated rings. The summed E-state index contributed by atoms with van der Waals surface area (Å²) in [5.74, 6) is -0.379. The van der Waals surface area contributed by atoms with Crippen molar-refractivity contribution in [2.45, 2.75) is 31.2 Å². The summed E-state index contributed by atoms with van der Waals surface area (Å²) in [6, 6.07) is 5.87. The molecule has 6 atom stereocenters. The first-order valence-electron chi connectivity index (χ1n) is 7.70. The number of carbonyl (C=O) groups excluding carboxylic acids is 2. The van der Waals surface area contributed by atoms with E-state index in [2.05, 4.69) is 21.2 Å². The molecule has 1 N–H and O–H groups in total. The number of amides is 1. The zero-order valence-corrected chi connectivity index (χ0v) is 14.1. The Morgan fingerprint density at radius 2 is 2.09 bits per heavy atom. The molecule has 0 radical (unpaired) electrons. The van der Waals surface area contributed by atoms with E-state index < -0.39 is 0 Å². The molecule has 3 aliphatic rings. The number of benzene rings is 1. The minimum atomic E-state index is -0.277. The molecule has 0 spiro atoms. The largest absolute Gasteiger partial charge is 0.461 e. The number of halogens is 1. The second kappa shape index (κ2) is 4.82. The molecular weight excluding hydrogens is 346 g/mol. The molecule has 2 aliphatic carbocycles. The molecular formula is C17H18BrNO3. The Morgan fingerprint density at radius 1 is 1.32 bits per heavy atom. The maximum atomic E-state index is 12.8. The van der Waals surface area contributed by atoms with E-state index >= 15 is 0 Å². The third kappa shape index (κ3) is 1.81. The van der Waals surface area contributed by atoms with Gasteiger partial charge in [-0.2, -0.15) is 0 Å². The van der Waals surface area contributed by atoms with E-state index in [0.717, 1.165) is 23.2 Å². The Kier molecular flexibility index (Phi) is 3.12. The number of hydrogen-bond acceptors (Lipinski definition) is 3. The maximum Gasteiger partial charge on any atom is 0.310 e. The molecule has 1 aromatic rings. The highest BCUT2D eigenvalue weighted by molar-refractivity contribution is 9.09. The van der Waals surface area contributed by atoms with Crippen molar-refractivity contribution in [3.8, 4) is 0 Å². The highest BCUT2D eigenvalue weighted by Gasteiger charge is 2.67. The van der Waals surface area contributed by atoms with Crippen molar-refractivity contribution in [3.63, 3.8) is 0 Å². The fraction of sp³-hybridized carbons (Fsp3) is 0.529. The van der Waals surface area contributed by atoms with Crippen molar-refractivity contribution in [1.82, 2.24) is 0 Å². The van der Waals surface area contributed by atoms with Crippen LogP contribution in [0.25, 0.3) is 0 Å². The predicted octanol–water partition coefficient (Wildman–Crippen LogP) is 2.81. The monoisotopic (exact) mass is 363 g/mol. The molecule has 0 aromatic heterocycles. The lowest BCUT2D eigenvalue weighted by molar-refractivity contribution is -0.145. The van der Waals surface area contributed by atoms with Crippen LogP contribution in [0.1, 0.15) is 17.5 Å². The lowest BCUT2D eigenvalue weighted by atomic mass is 9.79. The number of esters is 1. The molecule has 1 saturated heterocycles. The third-order valence-corrected chi connectivity index (χ3v) is 6.89. The van der Waals surface area contributed by atoms with E-state index in [1.54, 1.807) is 0 Å². The van der Waals surface area contributed by atoms with Gasteiger partial charge in [-0.3, -0.25) is 9.59 Å². The summed E-state index contributed by atoms with van der Waals surface area (Å²) in [7, 11) is 0. The van der Waals surface area contributed by atoms with Gasteiger partial charge in [0.05, 0.1) is 16.7 Å². The van der Waals surface area contributed by atoms with Crippen molar-refractivity contribution >= 4 is 33.5 Å². The van der Waals surface area contributed by atoms with Crippen LogP contribution in [-0.2, 0) is 14.3 Å². The van der Waals surface area contributed by atoms with Gasteiger partial charge in [-0.25, -0.2) is 0 Å². The molecule has 2 bridgehead atoms. The number of alkyl halides is 1. The number of hydrogen-bond donors (Lipinski definition) is 1. The highest BCUT2D eigenvalue weighted by Crippen LogP contribution is 2.60. The topological polar surface area (TPSA) is 55.4 Å². The van der Waals surface area contributed by atoms with Gasteiger partial charge < -0.3 is 10.1 Å². The van der Waals surface area contributed by atoms with Crippen LogP contribution in [0.5, 0.6) is 0 Å². The third-order valence-electron chi connectivity index (χ3n) is 5.69. The molecule has 6 unspecified atom stereocenters. The number of rotatable bonds is 2. The van der Waals surface area contributed by atoms with E-state index in [1.165, 1.54) is 0 Å². The van der Waals surface area contributed by atoms with Crippen LogP contribution in [0.4, 0.5) is 5.69 Å². The fourth-order valence-corrected chi connectivity index (χ4v) is 5.48. The van der Waals surface area contributed by atoms with Crippen molar-refractivity contribution in [1.29, 1.82) is 0 Å². The van der Waals surface area contributed by atoms with E-state index in [4.69, 9.17) is 4.74 Å². The minimum Gasteiger partial charge on any atom is -0.461 e. The van der Waals surface area contributed by atoms with E-state index in [9.17, 15) is 9.59 Å². The van der Waals surface area contributed by atoms with Gasteiger partial charge in [-0.1, -0.05) is 28.1 Å². The molecule has 22 heavy (non-hydrogen) atoms. The Morgan fingerprint density at radius 3 is 2.86 bits per heavy atom. The summed E-state index contributed by atoms with van der Waals surface area (Å²) in [6.45, 7) is 4.02. The second-order valence-corrected chi connectivity index (χ2v) is 7.75. The van der Waals surface area contributed by atoms with Crippen LogP contribution >= 0.6 is 15.9 Å². The van der Waals surface area contributed by atoms with Crippen LogP contribution in [0.3, 0.4) is 0 Å². The first-order chi connectivity index (χ1) is 10.5. The first kappa shape index (κ1) is 14.2. The molecule has 1 aliphatic heterocycles. The average Bonchev–Trinajstić information content (AvgIpc) is 3.08. The van der Waals surface area contributed by atoms with E-state index in [0.29, 0.717) is 0 Å². The highest BCUT2D eigenvalue weighted by atomic mass is 79.9. The smallest absolute Gasteiger partial charge is 0.310 e. The summed E-state index contributed by atoms with van der Waals surface area (Å²) in [5.41, 5.74) is 3.05. The summed E-state index contributed by atoms with van der Waals surface area (Å²) in [6.07, 6.45) is 0.870. The number of carbonyl (C=O) groups is 2.